The van der Waals surface area contributed by atoms with Crippen LogP contribution in [0.15, 0.2) is 6.20 Å². The van der Waals surface area contributed by atoms with Gasteiger partial charge in [-0.1, -0.05) is 13.3 Å². The third-order valence-electron chi connectivity index (χ3n) is 1.82. The number of alkyl halides is 1. The zero-order chi connectivity index (χ0) is 8.81. The molecule has 1 heterocycles. The van der Waals surface area contributed by atoms with Gasteiger partial charge in [0.1, 0.15) is 0 Å². The van der Waals surface area contributed by atoms with E-state index in [0.717, 1.165) is 18.0 Å². The van der Waals surface area contributed by atoms with Gasteiger partial charge >= 0.3 is 0 Å². The molecule has 0 amide bonds. The largest absolute Gasteiger partial charge is 0.181 e. The Labute approximate surface area is 82.3 Å². The van der Waals surface area contributed by atoms with E-state index >= 15 is 0 Å². The van der Waals surface area contributed by atoms with Gasteiger partial charge in [-0.3, -0.25) is 0 Å². The van der Waals surface area contributed by atoms with E-state index < -0.39 is 0 Å². The van der Waals surface area contributed by atoms with Crippen molar-refractivity contribution in [3.05, 3.63) is 11.9 Å². The second kappa shape index (κ2) is 5.49. The minimum absolute atomic E-state index is 0.570. The Morgan fingerprint density at radius 2 is 2.50 bits per heavy atom. The van der Waals surface area contributed by atoms with Gasteiger partial charge in [-0.15, -0.1) is 11.6 Å². The van der Waals surface area contributed by atoms with Gasteiger partial charge < -0.3 is 0 Å². The van der Waals surface area contributed by atoms with Crippen LogP contribution in [-0.2, 0) is 6.42 Å². The van der Waals surface area contributed by atoms with E-state index in [4.69, 9.17) is 11.6 Å². The van der Waals surface area contributed by atoms with Crippen molar-refractivity contribution in [1.82, 2.24) is 8.75 Å². The summed E-state index contributed by atoms with van der Waals surface area (Å²) in [4.78, 5) is 0. The topological polar surface area (TPSA) is 25.8 Å². The smallest absolute Gasteiger partial charge is 0.0746 e. The van der Waals surface area contributed by atoms with E-state index in [1.807, 2.05) is 6.20 Å². The van der Waals surface area contributed by atoms with Crippen LogP contribution in [0.1, 0.15) is 25.5 Å². The second-order valence-electron chi connectivity index (χ2n) is 2.91. The van der Waals surface area contributed by atoms with Crippen LogP contribution < -0.4 is 0 Å². The zero-order valence-electron chi connectivity index (χ0n) is 7.16. The molecule has 0 aliphatic heterocycles. The summed E-state index contributed by atoms with van der Waals surface area (Å²) in [6.07, 6.45) is 5.18. The third-order valence-corrected chi connectivity index (χ3v) is 2.77. The van der Waals surface area contributed by atoms with Crippen LogP contribution in [0.2, 0.25) is 0 Å². The summed E-state index contributed by atoms with van der Waals surface area (Å²) in [5.41, 5.74) is 1.08. The first-order valence-corrected chi connectivity index (χ1v) is 5.45. The van der Waals surface area contributed by atoms with Gasteiger partial charge in [0.15, 0.2) is 0 Å². The van der Waals surface area contributed by atoms with Gasteiger partial charge in [0.2, 0.25) is 0 Å². The summed E-state index contributed by atoms with van der Waals surface area (Å²) in [5, 5.41) is 0. The van der Waals surface area contributed by atoms with Gasteiger partial charge in [0.25, 0.3) is 0 Å². The summed E-state index contributed by atoms with van der Waals surface area (Å²) in [6, 6.07) is 0. The molecule has 12 heavy (non-hydrogen) atoms. The molecule has 1 unspecified atom stereocenters. The quantitative estimate of drug-likeness (QED) is 0.690. The molecule has 0 N–H and O–H groups in total. The molecule has 0 spiro atoms. The maximum atomic E-state index is 5.82. The van der Waals surface area contributed by atoms with Crippen molar-refractivity contribution >= 4 is 23.3 Å². The number of hydrogen-bond acceptors (Lipinski definition) is 3. The van der Waals surface area contributed by atoms with Crippen LogP contribution in [-0.4, -0.2) is 14.6 Å². The highest BCUT2D eigenvalue weighted by atomic mass is 35.5. The molecule has 0 radical (unpaired) electrons. The predicted octanol–water partition coefficient (Wildman–Crippen LogP) is 2.74. The maximum Gasteiger partial charge on any atom is 0.0746 e. The monoisotopic (exact) mass is 204 g/mol. The molecular formula is C8H13ClN2S. The molecule has 68 valence electrons. The summed E-state index contributed by atoms with van der Waals surface area (Å²) in [6.45, 7) is 2.18. The van der Waals surface area contributed by atoms with Crippen molar-refractivity contribution in [3.8, 4) is 0 Å². The van der Waals surface area contributed by atoms with Crippen LogP contribution in [0.3, 0.4) is 0 Å². The Morgan fingerprint density at radius 1 is 1.67 bits per heavy atom. The fourth-order valence-corrected chi connectivity index (χ4v) is 1.92. The van der Waals surface area contributed by atoms with Crippen molar-refractivity contribution in [1.29, 1.82) is 0 Å². The summed E-state index contributed by atoms with van der Waals surface area (Å²) in [5.74, 6) is 1.30. The van der Waals surface area contributed by atoms with E-state index in [0.29, 0.717) is 5.92 Å². The lowest BCUT2D eigenvalue weighted by molar-refractivity contribution is 0.524. The molecule has 0 bridgehead atoms. The van der Waals surface area contributed by atoms with Gasteiger partial charge in [-0.2, -0.15) is 8.75 Å². The molecule has 1 rings (SSSR count). The highest BCUT2D eigenvalue weighted by Gasteiger charge is 2.08. The summed E-state index contributed by atoms with van der Waals surface area (Å²) < 4.78 is 8.12. The summed E-state index contributed by atoms with van der Waals surface area (Å²) in [7, 11) is 0. The van der Waals surface area contributed by atoms with Crippen molar-refractivity contribution in [2.24, 2.45) is 5.92 Å². The van der Waals surface area contributed by atoms with Crippen LogP contribution in [0.4, 0.5) is 0 Å². The standard InChI is InChI=1S/C8H13ClN2S/c1-2-3-7(5-9)4-8-6-10-12-11-8/h6-7H,2-5H2,1H3. The number of hydrogen-bond donors (Lipinski definition) is 0. The first kappa shape index (κ1) is 9.93. The van der Waals surface area contributed by atoms with Crippen molar-refractivity contribution in [3.63, 3.8) is 0 Å². The molecule has 0 saturated heterocycles. The van der Waals surface area contributed by atoms with E-state index in [9.17, 15) is 0 Å². The Bertz CT molecular complexity index is 201. The molecule has 0 saturated carbocycles. The first-order chi connectivity index (χ1) is 5.86. The molecule has 0 aromatic carbocycles. The number of rotatable bonds is 5. The van der Waals surface area contributed by atoms with Crippen molar-refractivity contribution < 1.29 is 0 Å². The van der Waals surface area contributed by atoms with Crippen LogP contribution in [0, 0.1) is 5.92 Å². The number of aromatic nitrogens is 2. The average Bonchev–Trinajstić information content (AvgIpc) is 2.56. The molecule has 0 aliphatic rings. The third kappa shape index (κ3) is 3.07. The lowest BCUT2D eigenvalue weighted by Crippen LogP contribution is -2.05. The maximum absolute atomic E-state index is 5.82. The lowest BCUT2D eigenvalue weighted by Gasteiger charge is -2.09. The molecule has 0 aliphatic carbocycles. The van der Waals surface area contributed by atoms with Gasteiger partial charge in [0.05, 0.1) is 23.6 Å². The Kier molecular flexibility index (Phi) is 4.54. The Balaban J connectivity index is 2.37. The van der Waals surface area contributed by atoms with Gasteiger partial charge in [-0.25, -0.2) is 0 Å². The normalized spacial score (nSPS) is 13.2. The molecule has 4 heteroatoms. The SMILES string of the molecule is CCCC(CCl)Cc1cnsn1. The predicted molar refractivity (Wildman–Crippen MR) is 52.7 cm³/mol. The van der Waals surface area contributed by atoms with Gasteiger partial charge in [0, 0.05) is 5.88 Å². The number of nitrogens with zero attached hydrogens (tertiary/aromatic N) is 2. The van der Waals surface area contributed by atoms with E-state index in [2.05, 4.69) is 15.7 Å². The highest BCUT2D eigenvalue weighted by molar-refractivity contribution is 6.99. The van der Waals surface area contributed by atoms with Crippen LogP contribution in [0.5, 0.6) is 0 Å². The lowest BCUT2D eigenvalue weighted by atomic mass is 10.0. The molecule has 1 atom stereocenters. The number of halogens is 1. The molecular weight excluding hydrogens is 192 g/mol. The average molecular weight is 205 g/mol. The van der Waals surface area contributed by atoms with Gasteiger partial charge in [-0.05, 0) is 18.8 Å². The molecule has 1 aromatic heterocycles. The van der Waals surface area contributed by atoms with E-state index in [1.54, 1.807) is 0 Å². The fraction of sp³-hybridized carbons (Fsp3) is 0.750. The Hall–Kier alpha value is -0.150. The summed E-state index contributed by atoms with van der Waals surface area (Å²) >= 11 is 7.09. The van der Waals surface area contributed by atoms with Crippen LogP contribution in [0.25, 0.3) is 0 Å². The molecule has 2 nitrogen and oxygen atoms in total. The van der Waals surface area contributed by atoms with Crippen molar-refractivity contribution in [2.45, 2.75) is 26.2 Å². The second-order valence-corrected chi connectivity index (χ2v) is 3.78. The highest BCUT2D eigenvalue weighted by Crippen LogP contribution is 2.14. The molecule has 1 aromatic rings. The minimum atomic E-state index is 0.570. The zero-order valence-corrected chi connectivity index (χ0v) is 8.74. The van der Waals surface area contributed by atoms with Crippen LogP contribution >= 0.6 is 23.3 Å². The fourth-order valence-electron chi connectivity index (χ4n) is 1.21. The minimum Gasteiger partial charge on any atom is -0.181 e. The first-order valence-electron chi connectivity index (χ1n) is 4.19. The molecule has 0 fully saturated rings. The van der Waals surface area contributed by atoms with E-state index in [1.165, 1.54) is 24.6 Å². The Morgan fingerprint density at radius 3 is 3.00 bits per heavy atom. The van der Waals surface area contributed by atoms with Crippen molar-refractivity contribution in [2.75, 3.05) is 5.88 Å². The van der Waals surface area contributed by atoms with E-state index in [-0.39, 0.29) is 0 Å².